The van der Waals surface area contributed by atoms with Crippen molar-refractivity contribution in [2.24, 2.45) is 0 Å². The summed E-state index contributed by atoms with van der Waals surface area (Å²) < 4.78 is 5.20. The van der Waals surface area contributed by atoms with Crippen molar-refractivity contribution in [2.45, 2.75) is 11.8 Å². The number of benzene rings is 2. The van der Waals surface area contributed by atoms with Crippen LogP contribution in [0.4, 0.5) is 11.4 Å². The summed E-state index contributed by atoms with van der Waals surface area (Å²) in [7, 11) is 0. The third-order valence-electron chi connectivity index (χ3n) is 3.07. The topological polar surface area (TPSA) is 81.5 Å². The average Bonchev–Trinajstić information content (AvgIpc) is 2.56. The van der Waals surface area contributed by atoms with Gasteiger partial charge in [-0.3, -0.25) is 14.9 Å². The van der Waals surface area contributed by atoms with Crippen LogP contribution in [-0.2, 0) is 0 Å². The number of hydrogen-bond donors (Lipinski definition) is 1. The van der Waals surface area contributed by atoms with Crippen LogP contribution in [0.5, 0.6) is 5.75 Å². The van der Waals surface area contributed by atoms with Crippen LogP contribution in [0, 0.1) is 10.1 Å². The largest absolute Gasteiger partial charge is 0.487 e. The molecule has 0 bridgehead atoms. The van der Waals surface area contributed by atoms with E-state index in [1.54, 1.807) is 30.8 Å². The lowest BCUT2D eigenvalue weighted by Crippen LogP contribution is -2.12. The highest BCUT2D eigenvalue weighted by Crippen LogP contribution is 2.28. The number of carbonyl (C=O) groups is 1. The summed E-state index contributed by atoms with van der Waals surface area (Å²) in [4.78, 5) is 23.8. The lowest BCUT2D eigenvalue weighted by atomic mass is 10.1. The van der Waals surface area contributed by atoms with Gasteiger partial charge in [0.05, 0.1) is 11.5 Å². The molecule has 0 saturated carbocycles. The fraction of sp³-hybridized carbons (Fsp3) is 0.188. The molecule has 0 atom stereocenters. The van der Waals surface area contributed by atoms with E-state index in [0.717, 1.165) is 4.90 Å². The molecule has 0 aromatic heterocycles. The maximum atomic E-state index is 12.2. The number of ether oxygens (including phenoxy) is 1. The van der Waals surface area contributed by atoms with Crippen LogP contribution in [0.15, 0.2) is 47.4 Å². The first-order chi connectivity index (χ1) is 11.0. The summed E-state index contributed by atoms with van der Waals surface area (Å²) in [6.07, 6.45) is 1.96. The maximum absolute atomic E-state index is 12.2. The molecule has 0 spiro atoms. The zero-order valence-corrected chi connectivity index (χ0v) is 13.6. The highest BCUT2D eigenvalue weighted by Gasteiger charge is 2.18. The van der Waals surface area contributed by atoms with E-state index < -0.39 is 10.8 Å². The van der Waals surface area contributed by atoms with E-state index in [1.807, 2.05) is 18.4 Å². The van der Waals surface area contributed by atoms with Crippen LogP contribution in [-0.4, -0.2) is 23.7 Å². The fourth-order valence-corrected chi connectivity index (χ4v) is 2.36. The highest BCUT2D eigenvalue weighted by molar-refractivity contribution is 7.98. The van der Waals surface area contributed by atoms with Gasteiger partial charge in [-0.1, -0.05) is 0 Å². The predicted octanol–water partition coefficient (Wildman–Crippen LogP) is 3.97. The summed E-state index contributed by atoms with van der Waals surface area (Å²) in [6, 6.07) is 11.5. The number of nitrogens with one attached hydrogen (secondary N) is 1. The second-order valence-corrected chi connectivity index (χ2v) is 5.43. The SMILES string of the molecule is CCOc1ccc(C(=O)Nc2ccc(SC)cc2)cc1[N+](=O)[O-]. The Balaban J connectivity index is 2.21. The molecule has 0 radical (unpaired) electrons. The van der Waals surface area contributed by atoms with E-state index in [0.29, 0.717) is 12.3 Å². The third kappa shape index (κ3) is 4.23. The van der Waals surface area contributed by atoms with Gasteiger partial charge in [-0.25, -0.2) is 0 Å². The predicted molar refractivity (Wildman–Crippen MR) is 90.4 cm³/mol. The molecule has 120 valence electrons. The molecule has 0 aliphatic rings. The van der Waals surface area contributed by atoms with Gasteiger partial charge in [-0.05, 0) is 49.6 Å². The lowest BCUT2D eigenvalue weighted by Gasteiger charge is -2.08. The van der Waals surface area contributed by atoms with Crippen LogP contribution < -0.4 is 10.1 Å². The summed E-state index contributed by atoms with van der Waals surface area (Å²) in [5.41, 5.74) is 0.607. The number of nitro groups is 1. The van der Waals surface area contributed by atoms with Gasteiger partial charge < -0.3 is 10.1 Å². The molecule has 7 heteroatoms. The van der Waals surface area contributed by atoms with Gasteiger partial charge in [0.15, 0.2) is 5.75 Å². The van der Waals surface area contributed by atoms with Gasteiger partial charge in [0.25, 0.3) is 5.91 Å². The van der Waals surface area contributed by atoms with Gasteiger partial charge in [-0.2, -0.15) is 0 Å². The van der Waals surface area contributed by atoms with E-state index in [-0.39, 0.29) is 17.0 Å². The number of nitrogens with zero attached hydrogens (tertiary/aromatic N) is 1. The molecule has 2 aromatic carbocycles. The molecule has 0 unspecified atom stereocenters. The van der Waals surface area contributed by atoms with Crippen molar-refractivity contribution in [1.29, 1.82) is 0 Å². The highest BCUT2D eigenvalue weighted by atomic mass is 32.2. The van der Waals surface area contributed by atoms with Crippen molar-refractivity contribution in [3.8, 4) is 5.75 Å². The van der Waals surface area contributed by atoms with E-state index in [2.05, 4.69) is 5.32 Å². The van der Waals surface area contributed by atoms with Crippen LogP contribution >= 0.6 is 11.8 Å². The molecule has 0 aliphatic carbocycles. The first-order valence-corrected chi connectivity index (χ1v) is 8.14. The fourth-order valence-electron chi connectivity index (χ4n) is 1.96. The Kier molecular flexibility index (Phi) is 5.59. The van der Waals surface area contributed by atoms with Crippen LogP contribution in [0.2, 0.25) is 0 Å². The summed E-state index contributed by atoms with van der Waals surface area (Å²) >= 11 is 1.60. The molecule has 0 saturated heterocycles. The number of carbonyl (C=O) groups excluding carboxylic acids is 1. The minimum absolute atomic E-state index is 0.151. The van der Waals surface area contributed by atoms with Crippen LogP contribution in [0.3, 0.4) is 0 Å². The molecule has 2 aromatic rings. The molecule has 0 aliphatic heterocycles. The Hall–Kier alpha value is -2.54. The molecule has 1 amide bonds. The summed E-state index contributed by atoms with van der Waals surface area (Å²) in [5, 5.41) is 13.8. The number of anilines is 1. The quantitative estimate of drug-likeness (QED) is 0.492. The van der Waals surface area contributed by atoms with Crippen molar-refractivity contribution in [3.05, 3.63) is 58.1 Å². The minimum Gasteiger partial charge on any atom is -0.487 e. The number of amides is 1. The minimum atomic E-state index is -0.560. The molecular formula is C16H16N2O4S. The van der Waals surface area contributed by atoms with Gasteiger partial charge in [-0.15, -0.1) is 11.8 Å². The van der Waals surface area contributed by atoms with Crippen molar-refractivity contribution in [1.82, 2.24) is 0 Å². The molecule has 1 N–H and O–H groups in total. The normalized spacial score (nSPS) is 10.2. The third-order valence-corrected chi connectivity index (χ3v) is 3.81. The zero-order chi connectivity index (χ0) is 16.8. The number of hydrogen-bond acceptors (Lipinski definition) is 5. The van der Waals surface area contributed by atoms with E-state index in [4.69, 9.17) is 4.74 Å². The lowest BCUT2D eigenvalue weighted by molar-refractivity contribution is -0.385. The Bertz CT molecular complexity index is 717. The number of thioether (sulfide) groups is 1. The van der Waals surface area contributed by atoms with Crippen molar-refractivity contribution in [3.63, 3.8) is 0 Å². The van der Waals surface area contributed by atoms with Crippen molar-refractivity contribution in [2.75, 3.05) is 18.2 Å². The molecule has 6 nitrogen and oxygen atoms in total. The Morgan fingerprint density at radius 1 is 1.26 bits per heavy atom. The Labute approximate surface area is 138 Å². The molecule has 2 rings (SSSR count). The van der Waals surface area contributed by atoms with Crippen molar-refractivity contribution >= 4 is 29.0 Å². The Morgan fingerprint density at radius 2 is 1.96 bits per heavy atom. The van der Waals surface area contributed by atoms with Gasteiger partial charge in [0, 0.05) is 22.2 Å². The van der Waals surface area contributed by atoms with E-state index >= 15 is 0 Å². The van der Waals surface area contributed by atoms with Crippen molar-refractivity contribution < 1.29 is 14.5 Å². The Morgan fingerprint density at radius 3 is 2.52 bits per heavy atom. The standard InChI is InChI=1S/C16H16N2O4S/c1-3-22-15-9-4-11(10-14(15)18(20)21)16(19)17-12-5-7-13(23-2)8-6-12/h4-10H,3H2,1-2H3,(H,17,19). The molecule has 0 fully saturated rings. The number of nitro benzene ring substituents is 1. The van der Waals surface area contributed by atoms with E-state index in [1.165, 1.54) is 18.2 Å². The second-order valence-electron chi connectivity index (χ2n) is 4.56. The second kappa shape index (κ2) is 7.64. The molecule has 0 heterocycles. The smallest absolute Gasteiger partial charge is 0.311 e. The van der Waals surface area contributed by atoms with E-state index in [9.17, 15) is 14.9 Å². The first-order valence-electron chi connectivity index (χ1n) is 6.91. The first kappa shape index (κ1) is 16.8. The van der Waals surface area contributed by atoms with Crippen LogP contribution in [0.1, 0.15) is 17.3 Å². The molecular weight excluding hydrogens is 316 g/mol. The average molecular weight is 332 g/mol. The zero-order valence-electron chi connectivity index (χ0n) is 12.7. The monoisotopic (exact) mass is 332 g/mol. The maximum Gasteiger partial charge on any atom is 0.311 e. The summed E-state index contributed by atoms with van der Waals surface area (Å²) in [5.74, 6) is -0.258. The van der Waals surface area contributed by atoms with Gasteiger partial charge >= 0.3 is 5.69 Å². The van der Waals surface area contributed by atoms with Crippen LogP contribution in [0.25, 0.3) is 0 Å². The van der Waals surface area contributed by atoms with Gasteiger partial charge in [0.1, 0.15) is 0 Å². The van der Waals surface area contributed by atoms with Gasteiger partial charge in [0.2, 0.25) is 0 Å². The number of rotatable bonds is 6. The summed E-state index contributed by atoms with van der Waals surface area (Å²) in [6.45, 7) is 2.05. The molecule has 23 heavy (non-hydrogen) atoms.